The summed E-state index contributed by atoms with van der Waals surface area (Å²) >= 11 is 0. The van der Waals surface area contributed by atoms with Crippen LogP contribution in [0.2, 0.25) is 0 Å². The predicted octanol–water partition coefficient (Wildman–Crippen LogP) is 1.95. The maximum Gasteiger partial charge on any atom is 0.225 e. The van der Waals surface area contributed by atoms with Gasteiger partial charge < -0.3 is 9.84 Å². The molecule has 1 amide bonds. The number of hydrogen-bond acceptors (Lipinski definition) is 4. The number of pyridine rings is 1. The van der Waals surface area contributed by atoms with Crippen LogP contribution in [0.15, 0.2) is 35.1 Å². The molecule has 1 N–H and O–H groups in total. The Kier molecular flexibility index (Phi) is 3.49. The first-order valence-corrected chi connectivity index (χ1v) is 5.36. The number of carbonyl (C=O) groups is 1. The van der Waals surface area contributed by atoms with Crippen LogP contribution >= 0.6 is 0 Å². The van der Waals surface area contributed by atoms with E-state index in [4.69, 9.17) is 4.52 Å². The van der Waals surface area contributed by atoms with Gasteiger partial charge in [0.1, 0.15) is 5.76 Å². The van der Waals surface area contributed by atoms with Crippen molar-refractivity contribution in [1.29, 1.82) is 0 Å². The van der Waals surface area contributed by atoms with Gasteiger partial charge in [-0.25, -0.2) is 0 Å². The highest BCUT2D eigenvalue weighted by atomic mass is 16.5. The van der Waals surface area contributed by atoms with Gasteiger partial charge >= 0.3 is 0 Å². The van der Waals surface area contributed by atoms with Crippen molar-refractivity contribution in [2.24, 2.45) is 0 Å². The van der Waals surface area contributed by atoms with Gasteiger partial charge in [0, 0.05) is 24.9 Å². The fraction of sp³-hybridized carbons (Fsp3) is 0.250. The molecule has 0 unspecified atom stereocenters. The topological polar surface area (TPSA) is 68.0 Å². The number of aromatic nitrogens is 2. The van der Waals surface area contributed by atoms with Crippen LogP contribution in [-0.4, -0.2) is 16.0 Å². The molecule has 2 aromatic rings. The molecule has 5 heteroatoms. The maximum absolute atomic E-state index is 11.6. The summed E-state index contributed by atoms with van der Waals surface area (Å²) in [5.41, 5.74) is 1.04. The first-order chi connectivity index (χ1) is 8.24. The average Bonchev–Trinajstić information content (AvgIpc) is 2.73. The van der Waals surface area contributed by atoms with Crippen LogP contribution in [0.4, 0.5) is 5.82 Å². The third-order valence-corrected chi connectivity index (χ3v) is 2.26. The molecule has 2 heterocycles. The Balaban J connectivity index is 1.82. The van der Waals surface area contributed by atoms with E-state index in [1.807, 2.05) is 12.1 Å². The fourth-order valence-corrected chi connectivity index (χ4v) is 1.43. The van der Waals surface area contributed by atoms with Crippen LogP contribution in [0.1, 0.15) is 17.7 Å². The maximum atomic E-state index is 11.6. The highest BCUT2D eigenvalue weighted by molar-refractivity contribution is 5.89. The Morgan fingerprint density at radius 2 is 2.41 bits per heavy atom. The number of rotatable bonds is 4. The zero-order valence-electron chi connectivity index (χ0n) is 9.51. The predicted molar refractivity (Wildman–Crippen MR) is 62.4 cm³/mol. The van der Waals surface area contributed by atoms with Crippen LogP contribution in [-0.2, 0) is 11.2 Å². The van der Waals surface area contributed by atoms with Gasteiger partial charge in [-0.1, -0.05) is 11.2 Å². The molecule has 0 spiro atoms. The van der Waals surface area contributed by atoms with Crippen LogP contribution in [0.5, 0.6) is 0 Å². The van der Waals surface area contributed by atoms with Crippen molar-refractivity contribution in [2.75, 3.05) is 5.32 Å². The smallest absolute Gasteiger partial charge is 0.225 e. The molecule has 0 radical (unpaired) electrons. The Hall–Kier alpha value is -2.17. The van der Waals surface area contributed by atoms with Crippen molar-refractivity contribution in [3.63, 3.8) is 0 Å². The van der Waals surface area contributed by atoms with E-state index in [0.29, 0.717) is 24.4 Å². The summed E-state index contributed by atoms with van der Waals surface area (Å²) in [4.78, 5) is 15.6. The van der Waals surface area contributed by atoms with Crippen molar-refractivity contribution in [2.45, 2.75) is 19.8 Å². The van der Waals surface area contributed by atoms with E-state index in [2.05, 4.69) is 15.5 Å². The first kappa shape index (κ1) is 11.3. The standard InChI is InChI=1S/C12H13N3O2/c1-9-7-11(15-17-9)14-12(16)5-4-10-3-2-6-13-8-10/h2-3,6-8H,4-5H2,1H3,(H,14,15,16). The summed E-state index contributed by atoms with van der Waals surface area (Å²) in [5, 5.41) is 6.36. The number of aryl methyl sites for hydroxylation is 2. The summed E-state index contributed by atoms with van der Waals surface area (Å²) in [6.45, 7) is 1.78. The lowest BCUT2D eigenvalue weighted by Crippen LogP contribution is -2.12. The largest absolute Gasteiger partial charge is 0.360 e. The molecule has 0 saturated heterocycles. The van der Waals surface area contributed by atoms with Crippen molar-refractivity contribution in [1.82, 2.24) is 10.1 Å². The molecule has 0 atom stereocenters. The summed E-state index contributed by atoms with van der Waals surface area (Å²) in [6.07, 6.45) is 4.53. The molecule has 17 heavy (non-hydrogen) atoms. The minimum absolute atomic E-state index is 0.0813. The molecule has 88 valence electrons. The molecule has 0 aliphatic rings. The van der Waals surface area contributed by atoms with Gasteiger partial charge in [0.2, 0.25) is 5.91 Å². The van der Waals surface area contributed by atoms with Crippen LogP contribution in [0.25, 0.3) is 0 Å². The second-order valence-electron chi connectivity index (χ2n) is 3.73. The Bertz CT molecular complexity index is 493. The van der Waals surface area contributed by atoms with Gasteiger partial charge in [-0.15, -0.1) is 0 Å². The summed E-state index contributed by atoms with van der Waals surface area (Å²) in [5.74, 6) is 1.05. The third kappa shape index (κ3) is 3.41. The Morgan fingerprint density at radius 1 is 1.53 bits per heavy atom. The number of amides is 1. The number of nitrogens with zero attached hydrogens (tertiary/aromatic N) is 2. The zero-order chi connectivity index (χ0) is 12.1. The lowest BCUT2D eigenvalue weighted by atomic mass is 10.1. The van der Waals surface area contributed by atoms with Gasteiger partial charge in [0.15, 0.2) is 5.82 Å². The van der Waals surface area contributed by atoms with E-state index in [9.17, 15) is 4.79 Å². The zero-order valence-corrected chi connectivity index (χ0v) is 9.51. The van der Waals surface area contributed by atoms with Gasteiger partial charge in [-0.2, -0.15) is 0 Å². The third-order valence-electron chi connectivity index (χ3n) is 2.26. The van der Waals surface area contributed by atoms with Crippen molar-refractivity contribution in [3.05, 3.63) is 41.9 Å². The summed E-state index contributed by atoms with van der Waals surface area (Å²) in [7, 11) is 0. The van der Waals surface area contributed by atoms with Gasteiger partial charge in [-0.3, -0.25) is 9.78 Å². The quantitative estimate of drug-likeness (QED) is 0.873. The Labute approximate surface area is 98.8 Å². The van der Waals surface area contributed by atoms with E-state index in [1.165, 1.54) is 0 Å². The normalized spacial score (nSPS) is 10.2. The average molecular weight is 231 g/mol. The number of carbonyl (C=O) groups excluding carboxylic acids is 1. The molecular formula is C12H13N3O2. The van der Waals surface area contributed by atoms with Crippen LogP contribution in [0.3, 0.4) is 0 Å². The van der Waals surface area contributed by atoms with Crippen molar-refractivity contribution in [3.8, 4) is 0 Å². The molecule has 5 nitrogen and oxygen atoms in total. The molecule has 0 fully saturated rings. The number of hydrogen-bond donors (Lipinski definition) is 1. The molecule has 0 aliphatic heterocycles. The molecule has 0 saturated carbocycles. The van der Waals surface area contributed by atoms with E-state index in [-0.39, 0.29) is 5.91 Å². The number of anilines is 1. The van der Waals surface area contributed by atoms with Gasteiger partial charge in [-0.05, 0) is 25.0 Å². The first-order valence-electron chi connectivity index (χ1n) is 5.36. The van der Waals surface area contributed by atoms with Crippen LogP contribution < -0.4 is 5.32 Å². The molecule has 2 aromatic heterocycles. The van der Waals surface area contributed by atoms with E-state index < -0.39 is 0 Å². The minimum Gasteiger partial charge on any atom is -0.360 e. The summed E-state index contributed by atoms with van der Waals surface area (Å²) < 4.78 is 4.85. The fourth-order valence-electron chi connectivity index (χ4n) is 1.43. The SMILES string of the molecule is Cc1cc(NC(=O)CCc2cccnc2)no1. The monoisotopic (exact) mass is 231 g/mol. The molecule has 0 bridgehead atoms. The lowest BCUT2D eigenvalue weighted by molar-refractivity contribution is -0.116. The highest BCUT2D eigenvalue weighted by Crippen LogP contribution is 2.08. The van der Waals surface area contributed by atoms with E-state index in [0.717, 1.165) is 5.56 Å². The number of nitrogens with one attached hydrogen (secondary N) is 1. The minimum atomic E-state index is -0.0813. The lowest BCUT2D eigenvalue weighted by Gasteiger charge is -2.01. The summed E-state index contributed by atoms with van der Waals surface area (Å²) in [6, 6.07) is 5.48. The molecular weight excluding hydrogens is 218 g/mol. The Morgan fingerprint density at radius 3 is 3.06 bits per heavy atom. The second-order valence-corrected chi connectivity index (χ2v) is 3.73. The van der Waals surface area contributed by atoms with Crippen molar-refractivity contribution < 1.29 is 9.32 Å². The molecule has 0 aliphatic carbocycles. The molecule has 0 aromatic carbocycles. The van der Waals surface area contributed by atoms with Crippen LogP contribution in [0, 0.1) is 6.92 Å². The van der Waals surface area contributed by atoms with E-state index >= 15 is 0 Å². The van der Waals surface area contributed by atoms with Gasteiger partial charge in [0.25, 0.3) is 0 Å². The highest BCUT2D eigenvalue weighted by Gasteiger charge is 2.06. The van der Waals surface area contributed by atoms with E-state index in [1.54, 1.807) is 25.4 Å². The van der Waals surface area contributed by atoms with Crippen molar-refractivity contribution >= 4 is 11.7 Å². The van der Waals surface area contributed by atoms with Gasteiger partial charge in [0.05, 0.1) is 0 Å². The molecule has 2 rings (SSSR count). The second kappa shape index (κ2) is 5.25.